The molecule has 19 heavy (non-hydrogen) atoms. The summed E-state index contributed by atoms with van der Waals surface area (Å²) in [4.78, 5) is 14.6. The molecule has 1 N–H and O–H groups in total. The first kappa shape index (κ1) is 14.1. The minimum absolute atomic E-state index is 0.0354. The van der Waals surface area contributed by atoms with Gasteiger partial charge >= 0.3 is 0 Å². The van der Waals surface area contributed by atoms with Crippen LogP contribution in [0.3, 0.4) is 0 Å². The van der Waals surface area contributed by atoms with Crippen LogP contribution in [0.15, 0.2) is 0 Å². The van der Waals surface area contributed by atoms with Crippen molar-refractivity contribution < 1.29 is 9.53 Å². The molecule has 0 atom stereocenters. The van der Waals surface area contributed by atoms with E-state index in [-0.39, 0.29) is 17.1 Å². The molecule has 0 radical (unpaired) electrons. The Bertz CT molecular complexity index is 467. The lowest BCUT2D eigenvalue weighted by Crippen LogP contribution is -2.58. The van der Waals surface area contributed by atoms with Gasteiger partial charge in [-0.05, 0) is 41.5 Å². The summed E-state index contributed by atoms with van der Waals surface area (Å²) < 4.78 is 6.00. The van der Waals surface area contributed by atoms with Gasteiger partial charge in [-0.2, -0.15) is 5.10 Å². The average Bonchev–Trinajstić information content (AvgIpc) is 2.53. The molecule has 0 saturated carbocycles. The van der Waals surface area contributed by atoms with E-state index >= 15 is 0 Å². The quantitative estimate of drug-likeness (QED) is 0.845. The lowest BCUT2D eigenvalue weighted by atomic mass is 9.98. The monoisotopic (exact) mass is 265 g/mol. The third-order valence-electron chi connectivity index (χ3n) is 3.33. The van der Waals surface area contributed by atoms with Crippen molar-refractivity contribution >= 4 is 5.91 Å². The van der Waals surface area contributed by atoms with Gasteiger partial charge in [-0.1, -0.05) is 0 Å². The largest absolute Gasteiger partial charge is 0.366 e. The zero-order valence-corrected chi connectivity index (χ0v) is 12.6. The zero-order chi connectivity index (χ0) is 14.4. The van der Waals surface area contributed by atoms with Crippen LogP contribution in [0, 0.1) is 13.8 Å². The molecule has 1 fully saturated rings. The standard InChI is InChI=1S/C14H23N3O2/c1-9-11(10(2)16-15-9)12(18)17-7-13(3,4)19-14(5,6)8-17/h7-8H2,1-6H3,(H,15,16). The Labute approximate surface area is 114 Å². The Morgan fingerprint density at radius 1 is 1.21 bits per heavy atom. The van der Waals surface area contributed by atoms with Crippen molar-refractivity contribution in [3.8, 4) is 0 Å². The van der Waals surface area contributed by atoms with Crippen LogP contribution in [0.1, 0.15) is 49.4 Å². The topological polar surface area (TPSA) is 58.2 Å². The molecule has 0 aliphatic carbocycles. The SMILES string of the molecule is Cc1n[nH]c(C)c1C(=O)N1CC(C)(C)OC(C)(C)C1. The lowest BCUT2D eigenvalue weighted by Gasteiger charge is -2.47. The molecule has 0 unspecified atom stereocenters. The number of hydrogen-bond donors (Lipinski definition) is 1. The highest BCUT2D eigenvalue weighted by molar-refractivity contribution is 5.96. The van der Waals surface area contributed by atoms with E-state index in [9.17, 15) is 4.79 Å². The molecule has 2 heterocycles. The first-order valence-corrected chi connectivity index (χ1v) is 6.62. The summed E-state index contributed by atoms with van der Waals surface area (Å²) in [5, 5.41) is 6.97. The van der Waals surface area contributed by atoms with Crippen molar-refractivity contribution in [2.75, 3.05) is 13.1 Å². The maximum absolute atomic E-state index is 12.7. The van der Waals surface area contributed by atoms with Crippen LogP contribution in [-0.2, 0) is 4.74 Å². The van der Waals surface area contributed by atoms with E-state index in [1.165, 1.54) is 0 Å². The Kier molecular flexibility index (Phi) is 3.21. The van der Waals surface area contributed by atoms with Gasteiger partial charge in [0.05, 0.1) is 22.5 Å². The molecule has 0 spiro atoms. The number of carbonyl (C=O) groups excluding carboxylic acids is 1. The minimum Gasteiger partial charge on any atom is -0.366 e. The summed E-state index contributed by atoms with van der Waals surface area (Å²) in [6, 6.07) is 0. The summed E-state index contributed by atoms with van der Waals surface area (Å²) in [5.41, 5.74) is 1.61. The van der Waals surface area contributed by atoms with Crippen molar-refractivity contribution in [2.24, 2.45) is 0 Å². The average molecular weight is 265 g/mol. The molecule has 0 aromatic carbocycles. The predicted octanol–water partition coefficient (Wildman–Crippen LogP) is 2.06. The fourth-order valence-electron chi connectivity index (χ4n) is 2.96. The number of aromatic amines is 1. The summed E-state index contributed by atoms with van der Waals surface area (Å²) in [7, 11) is 0. The van der Waals surface area contributed by atoms with Crippen molar-refractivity contribution in [1.29, 1.82) is 0 Å². The number of hydrogen-bond acceptors (Lipinski definition) is 3. The number of morpholine rings is 1. The van der Waals surface area contributed by atoms with Crippen molar-refractivity contribution in [2.45, 2.75) is 52.7 Å². The van der Waals surface area contributed by atoms with E-state index in [1.54, 1.807) is 0 Å². The number of aryl methyl sites for hydroxylation is 2. The maximum Gasteiger partial charge on any atom is 0.257 e. The van der Waals surface area contributed by atoms with Crippen LogP contribution in [0.2, 0.25) is 0 Å². The van der Waals surface area contributed by atoms with Gasteiger partial charge in [-0.15, -0.1) is 0 Å². The van der Waals surface area contributed by atoms with Gasteiger partial charge in [0.15, 0.2) is 0 Å². The van der Waals surface area contributed by atoms with E-state index < -0.39 is 0 Å². The van der Waals surface area contributed by atoms with Gasteiger partial charge in [-0.25, -0.2) is 0 Å². The molecule has 1 aromatic rings. The smallest absolute Gasteiger partial charge is 0.257 e. The molecule has 106 valence electrons. The molecule has 1 aromatic heterocycles. The van der Waals surface area contributed by atoms with Crippen LogP contribution < -0.4 is 0 Å². The van der Waals surface area contributed by atoms with E-state index in [4.69, 9.17) is 4.74 Å². The molecule has 1 saturated heterocycles. The van der Waals surface area contributed by atoms with E-state index in [2.05, 4.69) is 10.2 Å². The third-order valence-corrected chi connectivity index (χ3v) is 3.33. The number of H-pyrrole nitrogens is 1. The number of nitrogens with one attached hydrogen (secondary N) is 1. The molecule has 1 aliphatic rings. The van der Waals surface area contributed by atoms with Gasteiger partial charge < -0.3 is 9.64 Å². The molecular weight excluding hydrogens is 242 g/mol. The molecule has 1 amide bonds. The van der Waals surface area contributed by atoms with E-state index in [1.807, 2.05) is 46.4 Å². The number of carbonyl (C=O) groups is 1. The van der Waals surface area contributed by atoms with E-state index in [0.29, 0.717) is 18.7 Å². The van der Waals surface area contributed by atoms with Crippen LogP contribution in [0.25, 0.3) is 0 Å². The van der Waals surface area contributed by atoms with Gasteiger partial charge in [0.25, 0.3) is 5.91 Å². The second kappa shape index (κ2) is 4.34. The molecule has 5 heteroatoms. The maximum atomic E-state index is 12.7. The molecular formula is C14H23N3O2. The Hall–Kier alpha value is -1.36. The Morgan fingerprint density at radius 3 is 2.16 bits per heavy atom. The number of rotatable bonds is 1. The van der Waals surface area contributed by atoms with E-state index in [0.717, 1.165) is 11.4 Å². The highest BCUT2D eigenvalue weighted by Gasteiger charge is 2.40. The fourth-order valence-corrected chi connectivity index (χ4v) is 2.96. The van der Waals surface area contributed by atoms with Crippen LogP contribution in [0.4, 0.5) is 0 Å². The Balaban J connectivity index is 2.29. The highest BCUT2D eigenvalue weighted by Crippen LogP contribution is 2.29. The molecule has 1 aliphatic heterocycles. The minimum atomic E-state index is -0.330. The molecule has 5 nitrogen and oxygen atoms in total. The van der Waals surface area contributed by atoms with Gasteiger partial charge in [0.2, 0.25) is 0 Å². The summed E-state index contributed by atoms with van der Waals surface area (Å²) in [6.07, 6.45) is 0. The first-order valence-electron chi connectivity index (χ1n) is 6.62. The van der Waals surface area contributed by atoms with Gasteiger partial charge in [0.1, 0.15) is 0 Å². The van der Waals surface area contributed by atoms with Crippen LogP contribution in [0.5, 0.6) is 0 Å². The number of nitrogens with zero attached hydrogens (tertiary/aromatic N) is 2. The number of aromatic nitrogens is 2. The summed E-state index contributed by atoms with van der Waals surface area (Å²) in [5.74, 6) is 0.0354. The summed E-state index contributed by atoms with van der Waals surface area (Å²) in [6.45, 7) is 13.0. The zero-order valence-electron chi connectivity index (χ0n) is 12.6. The number of amides is 1. The van der Waals surface area contributed by atoms with Crippen molar-refractivity contribution in [3.63, 3.8) is 0 Å². The lowest BCUT2D eigenvalue weighted by molar-refractivity contribution is -0.171. The Morgan fingerprint density at radius 2 is 1.74 bits per heavy atom. The summed E-state index contributed by atoms with van der Waals surface area (Å²) >= 11 is 0. The van der Waals surface area contributed by atoms with Crippen molar-refractivity contribution in [3.05, 3.63) is 17.0 Å². The van der Waals surface area contributed by atoms with Gasteiger partial charge in [-0.3, -0.25) is 9.89 Å². The van der Waals surface area contributed by atoms with Crippen LogP contribution >= 0.6 is 0 Å². The third kappa shape index (κ3) is 2.81. The molecule has 0 bridgehead atoms. The normalized spacial score (nSPS) is 21.5. The number of ether oxygens (including phenoxy) is 1. The second-order valence-electron chi connectivity index (χ2n) is 6.59. The van der Waals surface area contributed by atoms with Gasteiger partial charge in [0, 0.05) is 18.8 Å². The fraction of sp³-hybridized carbons (Fsp3) is 0.714. The second-order valence-corrected chi connectivity index (χ2v) is 6.59. The first-order chi connectivity index (χ1) is 8.61. The van der Waals surface area contributed by atoms with Crippen LogP contribution in [-0.4, -0.2) is 45.3 Å². The van der Waals surface area contributed by atoms with Crippen molar-refractivity contribution in [1.82, 2.24) is 15.1 Å². The molecule has 2 rings (SSSR count). The predicted molar refractivity (Wildman–Crippen MR) is 73.2 cm³/mol. The highest BCUT2D eigenvalue weighted by atomic mass is 16.5.